The van der Waals surface area contributed by atoms with Crippen LogP contribution in [0.15, 0.2) is 29.2 Å². The predicted molar refractivity (Wildman–Crippen MR) is 111 cm³/mol. The number of benzene rings is 1. The monoisotopic (exact) mass is 389 g/mol. The summed E-state index contributed by atoms with van der Waals surface area (Å²) in [6.45, 7) is 6.30. The van der Waals surface area contributed by atoms with Crippen LogP contribution in [-0.2, 0) is 0 Å². The van der Waals surface area contributed by atoms with E-state index in [9.17, 15) is 4.79 Å². The van der Waals surface area contributed by atoms with E-state index in [2.05, 4.69) is 39.7 Å². The average Bonchev–Trinajstić information content (AvgIpc) is 3.31. The Kier molecular flexibility index (Phi) is 7.11. The quantitative estimate of drug-likeness (QED) is 0.535. The van der Waals surface area contributed by atoms with Gasteiger partial charge in [-0.05, 0) is 70.6 Å². The summed E-state index contributed by atoms with van der Waals surface area (Å²) in [5.74, 6) is 0.00782. The van der Waals surface area contributed by atoms with Gasteiger partial charge in [-0.2, -0.15) is 0 Å². The van der Waals surface area contributed by atoms with Gasteiger partial charge in [0.05, 0.1) is 5.69 Å². The number of thioether (sulfide) groups is 1. The average molecular weight is 390 g/mol. The molecule has 1 aromatic heterocycles. The maximum atomic E-state index is 12.5. The Morgan fingerprint density at radius 3 is 2.88 bits per heavy atom. The van der Waals surface area contributed by atoms with Gasteiger partial charge in [-0.3, -0.25) is 4.79 Å². The Labute approximate surface area is 164 Å². The minimum atomic E-state index is 0.00782. The molecule has 140 valence electrons. The lowest BCUT2D eigenvalue weighted by atomic mass is 10.2. The molecule has 1 aliphatic heterocycles. The van der Waals surface area contributed by atoms with Gasteiger partial charge in [-0.25, -0.2) is 4.98 Å². The van der Waals surface area contributed by atoms with E-state index >= 15 is 0 Å². The number of nitrogens with zero attached hydrogens (tertiary/aromatic N) is 2. The molecule has 1 N–H and O–H groups in total. The van der Waals surface area contributed by atoms with Crippen molar-refractivity contribution in [1.82, 2.24) is 15.2 Å². The third-order valence-electron chi connectivity index (χ3n) is 4.70. The molecular weight excluding hydrogens is 362 g/mol. The van der Waals surface area contributed by atoms with E-state index in [1.54, 1.807) is 11.8 Å². The van der Waals surface area contributed by atoms with E-state index in [0.29, 0.717) is 0 Å². The Hall–Kier alpha value is -1.37. The first kappa shape index (κ1) is 19.4. The number of amides is 1. The molecular formula is C20H27N3OS2. The van der Waals surface area contributed by atoms with Gasteiger partial charge in [0.1, 0.15) is 9.88 Å². The zero-order valence-electron chi connectivity index (χ0n) is 15.6. The summed E-state index contributed by atoms with van der Waals surface area (Å²) in [5.41, 5.74) is 1.89. The van der Waals surface area contributed by atoms with Crippen molar-refractivity contribution in [2.75, 3.05) is 32.4 Å². The van der Waals surface area contributed by atoms with Crippen molar-refractivity contribution >= 4 is 29.0 Å². The largest absolute Gasteiger partial charge is 0.351 e. The Morgan fingerprint density at radius 1 is 1.31 bits per heavy atom. The first-order chi connectivity index (χ1) is 12.7. The summed E-state index contributed by atoms with van der Waals surface area (Å²) in [6.07, 6.45) is 6.92. The molecule has 0 saturated carbocycles. The summed E-state index contributed by atoms with van der Waals surface area (Å²) >= 11 is 3.20. The predicted octanol–water partition coefficient (Wildman–Crippen LogP) is 4.45. The van der Waals surface area contributed by atoms with Crippen LogP contribution in [0, 0.1) is 6.92 Å². The highest BCUT2D eigenvalue weighted by atomic mass is 32.2. The maximum absolute atomic E-state index is 12.5. The lowest BCUT2D eigenvalue weighted by Crippen LogP contribution is -2.26. The molecule has 1 fully saturated rings. The van der Waals surface area contributed by atoms with Crippen LogP contribution < -0.4 is 5.32 Å². The molecule has 0 spiro atoms. The summed E-state index contributed by atoms with van der Waals surface area (Å²) in [4.78, 5) is 21.6. The highest BCUT2D eigenvalue weighted by Gasteiger charge is 2.16. The van der Waals surface area contributed by atoms with Crippen LogP contribution in [-0.4, -0.2) is 48.2 Å². The number of carbonyl (C=O) groups is 1. The zero-order chi connectivity index (χ0) is 18.4. The minimum Gasteiger partial charge on any atom is -0.351 e. The first-order valence-electron chi connectivity index (χ1n) is 9.30. The summed E-state index contributed by atoms with van der Waals surface area (Å²) < 4.78 is 0. The normalized spacial score (nSPS) is 14.7. The van der Waals surface area contributed by atoms with Crippen LogP contribution in [0.3, 0.4) is 0 Å². The lowest BCUT2D eigenvalue weighted by Gasteiger charge is -2.13. The zero-order valence-corrected chi connectivity index (χ0v) is 17.2. The standard InChI is InChI=1S/C20H27N3OS2/c1-15-18(19(24)21-10-3-4-11-23-12-5-6-13-23)26-20(22-15)16-8-7-9-17(14-16)25-2/h7-9,14H,3-6,10-13H2,1-2H3,(H,21,24). The number of nitrogens with one attached hydrogen (secondary N) is 1. The molecule has 3 rings (SSSR count). The van der Waals surface area contributed by atoms with Crippen molar-refractivity contribution in [1.29, 1.82) is 0 Å². The molecule has 1 amide bonds. The van der Waals surface area contributed by atoms with E-state index in [1.165, 1.54) is 42.2 Å². The third-order valence-corrected chi connectivity index (χ3v) is 6.64. The molecule has 4 nitrogen and oxygen atoms in total. The second kappa shape index (κ2) is 9.53. The van der Waals surface area contributed by atoms with Crippen LogP contribution in [0.5, 0.6) is 0 Å². The lowest BCUT2D eigenvalue weighted by molar-refractivity contribution is 0.0956. The topological polar surface area (TPSA) is 45.2 Å². The third kappa shape index (κ3) is 5.09. The van der Waals surface area contributed by atoms with E-state index in [1.807, 2.05) is 13.0 Å². The van der Waals surface area contributed by atoms with Crippen molar-refractivity contribution < 1.29 is 4.79 Å². The number of hydrogen-bond acceptors (Lipinski definition) is 5. The SMILES string of the molecule is CSc1cccc(-c2nc(C)c(C(=O)NCCCCN3CCCC3)s2)c1. The number of thiazole rings is 1. The van der Waals surface area contributed by atoms with Gasteiger partial charge in [0.15, 0.2) is 0 Å². The Morgan fingerprint density at radius 2 is 2.12 bits per heavy atom. The van der Waals surface area contributed by atoms with Crippen LogP contribution in [0.25, 0.3) is 10.6 Å². The molecule has 0 atom stereocenters. The molecule has 0 radical (unpaired) electrons. The Balaban J connectivity index is 1.51. The van der Waals surface area contributed by atoms with Crippen LogP contribution in [0.1, 0.15) is 41.0 Å². The van der Waals surface area contributed by atoms with Crippen LogP contribution >= 0.6 is 23.1 Å². The number of unbranched alkanes of at least 4 members (excludes halogenated alkanes) is 1. The molecule has 26 heavy (non-hydrogen) atoms. The van der Waals surface area contributed by atoms with Crippen molar-refractivity contribution in [3.05, 3.63) is 34.8 Å². The molecule has 2 heterocycles. The molecule has 1 aliphatic rings. The number of aryl methyl sites for hydroxylation is 1. The molecule has 1 saturated heterocycles. The van der Waals surface area contributed by atoms with Crippen molar-refractivity contribution in [2.24, 2.45) is 0 Å². The molecule has 2 aromatic rings. The van der Waals surface area contributed by atoms with Gasteiger partial charge in [0, 0.05) is 17.0 Å². The van der Waals surface area contributed by atoms with Gasteiger partial charge in [0.25, 0.3) is 5.91 Å². The van der Waals surface area contributed by atoms with Crippen LogP contribution in [0.2, 0.25) is 0 Å². The van der Waals surface area contributed by atoms with E-state index in [4.69, 9.17) is 0 Å². The van der Waals surface area contributed by atoms with E-state index < -0.39 is 0 Å². The number of aromatic nitrogens is 1. The second-order valence-electron chi connectivity index (χ2n) is 6.68. The van der Waals surface area contributed by atoms with Gasteiger partial charge in [0.2, 0.25) is 0 Å². The fourth-order valence-corrected chi connectivity index (χ4v) is 4.67. The number of hydrogen-bond donors (Lipinski definition) is 1. The van der Waals surface area contributed by atoms with Crippen LogP contribution in [0.4, 0.5) is 0 Å². The maximum Gasteiger partial charge on any atom is 0.263 e. The van der Waals surface area contributed by atoms with Gasteiger partial charge in [-0.15, -0.1) is 23.1 Å². The van der Waals surface area contributed by atoms with Gasteiger partial charge in [-0.1, -0.05) is 12.1 Å². The van der Waals surface area contributed by atoms with Crippen molar-refractivity contribution in [3.8, 4) is 10.6 Å². The smallest absolute Gasteiger partial charge is 0.263 e. The van der Waals surface area contributed by atoms with Gasteiger partial charge >= 0.3 is 0 Å². The van der Waals surface area contributed by atoms with Gasteiger partial charge < -0.3 is 10.2 Å². The molecule has 0 unspecified atom stereocenters. The number of likely N-dealkylation sites (tertiary alicyclic amines) is 1. The first-order valence-corrected chi connectivity index (χ1v) is 11.3. The molecule has 6 heteroatoms. The fourth-order valence-electron chi connectivity index (χ4n) is 3.24. The number of rotatable bonds is 8. The minimum absolute atomic E-state index is 0.00782. The Bertz CT molecular complexity index is 738. The van der Waals surface area contributed by atoms with E-state index in [-0.39, 0.29) is 5.91 Å². The summed E-state index contributed by atoms with van der Waals surface area (Å²) in [5, 5.41) is 3.98. The molecule has 1 aromatic carbocycles. The summed E-state index contributed by atoms with van der Waals surface area (Å²) in [7, 11) is 0. The number of carbonyl (C=O) groups excluding carboxylic acids is 1. The molecule has 0 bridgehead atoms. The highest BCUT2D eigenvalue weighted by molar-refractivity contribution is 7.98. The highest BCUT2D eigenvalue weighted by Crippen LogP contribution is 2.30. The van der Waals surface area contributed by atoms with E-state index in [0.717, 1.165) is 47.1 Å². The molecule has 0 aliphatic carbocycles. The summed E-state index contributed by atoms with van der Waals surface area (Å²) in [6, 6.07) is 8.31. The van der Waals surface area contributed by atoms with Crippen molar-refractivity contribution in [2.45, 2.75) is 37.5 Å². The van der Waals surface area contributed by atoms with Crippen molar-refractivity contribution in [3.63, 3.8) is 0 Å². The second-order valence-corrected chi connectivity index (χ2v) is 8.56. The fraction of sp³-hybridized carbons (Fsp3) is 0.500.